The molecule has 0 radical (unpaired) electrons. The van der Waals surface area contributed by atoms with Gasteiger partial charge in [-0.25, -0.2) is 4.39 Å². The molecule has 0 saturated heterocycles. The van der Waals surface area contributed by atoms with E-state index in [9.17, 15) is 27.2 Å². The molecule has 1 N–H and O–H groups in total. The average molecular weight is 553 g/mol. The molecule has 0 aliphatic rings. The van der Waals surface area contributed by atoms with Crippen molar-refractivity contribution in [1.82, 2.24) is 5.32 Å². The Hall–Kier alpha value is -3.52. The van der Waals surface area contributed by atoms with Crippen molar-refractivity contribution in [2.75, 3.05) is 23.9 Å². The first kappa shape index (κ1) is 32.5. The highest BCUT2D eigenvalue weighted by molar-refractivity contribution is 7.81. The average Bonchev–Trinajstić information content (AvgIpc) is 2.81. The number of alkyl halides is 3. The van der Waals surface area contributed by atoms with Gasteiger partial charge in [0.15, 0.2) is 5.11 Å². The van der Waals surface area contributed by atoms with E-state index < -0.39 is 40.3 Å². The SMILES string of the molecule is CCC.CNC(=O)c1ccc(N(C)C(=S)N(C(=O)CC(C)(C)C)c2ccc(C#N)c(C(F)(F)F)c2)cc1F. The van der Waals surface area contributed by atoms with Gasteiger partial charge in [0.05, 0.1) is 28.4 Å². The molecule has 2 amide bonds. The Morgan fingerprint density at radius 1 is 1.05 bits per heavy atom. The number of carbonyl (C=O) groups excluding carboxylic acids is 2. The Morgan fingerprint density at radius 2 is 1.61 bits per heavy atom. The highest BCUT2D eigenvalue weighted by atomic mass is 32.1. The summed E-state index contributed by atoms with van der Waals surface area (Å²) in [4.78, 5) is 27.2. The molecule has 0 bridgehead atoms. The van der Waals surface area contributed by atoms with Gasteiger partial charge in [0.1, 0.15) is 5.82 Å². The number of thiocarbonyl (C=S) groups is 1. The molecule has 0 aliphatic heterocycles. The normalized spacial score (nSPS) is 11.0. The number of anilines is 2. The molecule has 0 fully saturated rings. The summed E-state index contributed by atoms with van der Waals surface area (Å²) in [5, 5.41) is 11.2. The molecule has 2 aromatic carbocycles. The van der Waals surface area contributed by atoms with Gasteiger partial charge in [-0.2, -0.15) is 18.4 Å². The summed E-state index contributed by atoms with van der Waals surface area (Å²) >= 11 is 5.46. The van der Waals surface area contributed by atoms with Gasteiger partial charge < -0.3 is 10.2 Å². The smallest absolute Gasteiger partial charge is 0.355 e. The fourth-order valence-electron chi connectivity index (χ4n) is 3.19. The highest BCUT2D eigenvalue weighted by Crippen LogP contribution is 2.35. The number of hydrogen-bond donors (Lipinski definition) is 1. The van der Waals surface area contributed by atoms with Crippen molar-refractivity contribution >= 4 is 40.5 Å². The lowest BCUT2D eigenvalue weighted by Crippen LogP contribution is -2.46. The molecule has 0 saturated carbocycles. The van der Waals surface area contributed by atoms with E-state index in [1.165, 1.54) is 49.7 Å². The summed E-state index contributed by atoms with van der Waals surface area (Å²) in [5.41, 5.74) is -2.57. The van der Waals surface area contributed by atoms with Gasteiger partial charge in [0, 0.05) is 26.2 Å². The zero-order chi connectivity index (χ0) is 29.4. The molecule has 11 heteroatoms. The topological polar surface area (TPSA) is 76.4 Å². The molecule has 38 heavy (non-hydrogen) atoms. The lowest BCUT2D eigenvalue weighted by Gasteiger charge is -2.32. The fourth-order valence-corrected chi connectivity index (χ4v) is 3.50. The Morgan fingerprint density at radius 3 is 2.05 bits per heavy atom. The minimum absolute atomic E-state index is 0.0632. The van der Waals surface area contributed by atoms with Gasteiger partial charge in [0.25, 0.3) is 5.91 Å². The van der Waals surface area contributed by atoms with Crippen LogP contribution in [-0.2, 0) is 11.0 Å². The van der Waals surface area contributed by atoms with E-state index in [4.69, 9.17) is 17.5 Å². The summed E-state index contributed by atoms with van der Waals surface area (Å²) in [6.07, 6.45) is -3.65. The quantitative estimate of drug-likeness (QED) is 0.338. The Labute approximate surface area is 226 Å². The molecule has 0 atom stereocenters. The molecule has 6 nitrogen and oxygen atoms in total. The number of nitrogens with one attached hydrogen (secondary N) is 1. The zero-order valence-corrected chi connectivity index (χ0v) is 23.3. The van der Waals surface area contributed by atoms with E-state index in [-0.39, 0.29) is 28.5 Å². The molecular weight excluding hydrogens is 520 g/mol. The van der Waals surface area contributed by atoms with Crippen LogP contribution in [0.5, 0.6) is 0 Å². The highest BCUT2D eigenvalue weighted by Gasteiger charge is 2.36. The van der Waals surface area contributed by atoms with Crippen LogP contribution in [0.3, 0.4) is 0 Å². The third kappa shape index (κ3) is 8.52. The number of benzene rings is 2. The van der Waals surface area contributed by atoms with Crippen molar-refractivity contribution < 1.29 is 27.2 Å². The van der Waals surface area contributed by atoms with Crippen LogP contribution in [0.2, 0.25) is 0 Å². The predicted molar refractivity (Wildman–Crippen MR) is 144 cm³/mol. The van der Waals surface area contributed by atoms with E-state index in [0.717, 1.165) is 17.0 Å². The van der Waals surface area contributed by atoms with Crippen LogP contribution < -0.4 is 15.1 Å². The summed E-state index contributed by atoms with van der Waals surface area (Å²) in [6, 6.07) is 8.01. The molecule has 0 unspecified atom stereocenters. The maximum absolute atomic E-state index is 14.5. The van der Waals surface area contributed by atoms with E-state index in [1.54, 1.807) is 20.8 Å². The van der Waals surface area contributed by atoms with Crippen LogP contribution in [-0.4, -0.2) is 31.0 Å². The fraction of sp³-hybridized carbons (Fsp3) is 0.407. The molecule has 2 rings (SSSR count). The number of nitriles is 1. The van der Waals surface area contributed by atoms with Crippen molar-refractivity contribution in [2.24, 2.45) is 5.41 Å². The standard InChI is InChI=1S/C24H24F4N4O2S.C3H8/c1-23(2,3)12-20(33)32(16-7-6-14(13-29)18(10-16)24(26,27)28)22(35)31(5)15-8-9-17(19(25)11-15)21(34)30-4;1-3-2/h6-11H,12H2,1-5H3,(H,30,34);3H2,1-2H3. The molecule has 0 heterocycles. The first-order valence-corrected chi connectivity index (χ1v) is 12.2. The third-order valence-electron chi connectivity index (χ3n) is 4.91. The Kier molecular flexibility index (Phi) is 11.4. The minimum Gasteiger partial charge on any atom is -0.355 e. The second-order valence-corrected chi connectivity index (χ2v) is 9.96. The van der Waals surface area contributed by atoms with Gasteiger partial charge in [-0.05, 0) is 54.0 Å². The zero-order valence-electron chi connectivity index (χ0n) is 22.5. The summed E-state index contributed by atoms with van der Waals surface area (Å²) in [6.45, 7) is 9.59. The number of carbonyl (C=O) groups is 2. The van der Waals surface area contributed by atoms with Crippen molar-refractivity contribution in [1.29, 1.82) is 5.26 Å². The van der Waals surface area contributed by atoms with E-state index >= 15 is 0 Å². The molecule has 206 valence electrons. The van der Waals surface area contributed by atoms with Crippen molar-refractivity contribution in [3.63, 3.8) is 0 Å². The molecule has 0 aliphatic carbocycles. The van der Waals surface area contributed by atoms with Crippen molar-refractivity contribution in [3.8, 4) is 6.07 Å². The number of hydrogen-bond acceptors (Lipinski definition) is 4. The summed E-state index contributed by atoms with van der Waals surface area (Å²) in [5.74, 6) is -2.07. The number of halogens is 4. The maximum Gasteiger partial charge on any atom is 0.417 e. The van der Waals surface area contributed by atoms with Gasteiger partial charge >= 0.3 is 6.18 Å². The van der Waals surface area contributed by atoms with Gasteiger partial charge in [-0.3, -0.25) is 14.5 Å². The summed E-state index contributed by atoms with van der Waals surface area (Å²) < 4.78 is 55.3. The van der Waals surface area contributed by atoms with Crippen LogP contribution in [0, 0.1) is 22.6 Å². The number of rotatable bonds is 4. The van der Waals surface area contributed by atoms with E-state index in [2.05, 4.69) is 19.2 Å². The van der Waals surface area contributed by atoms with Gasteiger partial charge in [-0.15, -0.1) is 0 Å². The van der Waals surface area contributed by atoms with Crippen LogP contribution in [0.1, 0.15) is 68.9 Å². The molecule has 0 spiro atoms. The van der Waals surface area contributed by atoms with Crippen molar-refractivity contribution in [2.45, 2.75) is 53.6 Å². The second kappa shape index (κ2) is 13.3. The second-order valence-electron chi connectivity index (χ2n) is 9.60. The monoisotopic (exact) mass is 552 g/mol. The first-order chi connectivity index (χ1) is 17.5. The predicted octanol–water partition coefficient (Wildman–Crippen LogP) is 6.68. The van der Waals surface area contributed by atoms with Gasteiger partial charge in [0.2, 0.25) is 5.91 Å². The Balaban J connectivity index is 0.00000229. The largest absolute Gasteiger partial charge is 0.417 e. The van der Waals surface area contributed by atoms with Crippen LogP contribution in [0.4, 0.5) is 28.9 Å². The van der Waals surface area contributed by atoms with E-state index in [0.29, 0.717) is 6.07 Å². The third-order valence-corrected chi connectivity index (χ3v) is 5.36. The lowest BCUT2D eigenvalue weighted by atomic mass is 9.91. The maximum atomic E-state index is 14.5. The number of amides is 2. The Bertz CT molecular complexity index is 1220. The summed E-state index contributed by atoms with van der Waals surface area (Å²) in [7, 11) is 2.77. The van der Waals surface area contributed by atoms with E-state index in [1.807, 2.05) is 0 Å². The molecule has 2 aromatic rings. The van der Waals surface area contributed by atoms with Crippen LogP contribution in [0.25, 0.3) is 0 Å². The van der Waals surface area contributed by atoms with Gasteiger partial charge in [-0.1, -0.05) is 41.0 Å². The van der Waals surface area contributed by atoms with Crippen molar-refractivity contribution in [3.05, 3.63) is 58.9 Å². The lowest BCUT2D eigenvalue weighted by molar-refractivity contribution is -0.137. The molecular formula is C27H32F4N4O2S. The van der Waals surface area contributed by atoms with Crippen LogP contribution in [0.15, 0.2) is 36.4 Å². The van der Waals surface area contributed by atoms with Crippen LogP contribution >= 0.6 is 12.2 Å². The molecule has 0 aromatic heterocycles. The first-order valence-electron chi connectivity index (χ1n) is 11.8. The number of nitrogens with zero attached hydrogens (tertiary/aromatic N) is 3. The minimum atomic E-state index is -4.84.